The minimum absolute atomic E-state index is 0.277. The first-order valence-electron chi connectivity index (χ1n) is 7.98. The van der Waals surface area contributed by atoms with Crippen LogP contribution in [0, 0.1) is 0 Å². The van der Waals surface area contributed by atoms with Gasteiger partial charge in [0.2, 0.25) is 0 Å². The molecular formula is C19H19NO2. The Hall–Kier alpha value is -2.29. The van der Waals surface area contributed by atoms with Gasteiger partial charge >= 0.3 is 6.09 Å². The number of hydrogen-bond acceptors (Lipinski definition) is 2. The molecule has 0 radical (unpaired) electrons. The fourth-order valence-corrected chi connectivity index (χ4v) is 3.61. The normalized spacial score (nSPS) is 17.1. The average Bonchev–Trinajstić information content (AvgIpc) is 3.15. The third-order valence-electron chi connectivity index (χ3n) is 4.68. The number of alkyl carbamates (subject to hydrolysis) is 1. The molecular weight excluding hydrogens is 274 g/mol. The Morgan fingerprint density at radius 2 is 1.45 bits per heavy atom. The highest BCUT2D eigenvalue weighted by Crippen LogP contribution is 2.45. The molecule has 112 valence electrons. The SMILES string of the molecule is O=C(NC1CCCC1)OC1c2ccccc2-c2ccccc21. The van der Waals surface area contributed by atoms with E-state index in [-0.39, 0.29) is 18.2 Å². The van der Waals surface area contributed by atoms with Crippen molar-refractivity contribution in [2.75, 3.05) is 0 Å². The van der Waals surface area contributed by atoms with E-state index in [2.05, 4.69) is 17.4 Å². The monoisotopic (exact) mass is 293 g/mol. The standard InChI is InChI=1S/C19H19NO2/c21-19(20-13-7-1-2-8-13)22-18-16-11-5-3-9-14(16)15-10-4-6-12-17(15)18/h3-6,9-13,18H,1-2,7-8H2,(H,20,21). The second-order valence-corrected chi connectivity index (χ2v) is 6.09. The molecule has 1 N–H and O–H groups in total. The molecule has 22 heavy (non-hydrogen) atoms. The second kappa shape index (κ2) is 5.48. The lowest BCUT2D eigenvalue weighted by atomic mass is 10.1. The van der Waals surface area contributed by atoms with E-state index in [1.54, 1.807) is 0 Å². The van der Waals surface area contributed by atoms with Crippen LogP contribution in [0.3, 0.4) is 0 Å². The van der Waals surface area contributed by atoms with Crippen LogP contribution in [0.4, 0.5) is 4.79 Å². The molecule has 2 aromatic carbocycles. The molecule has 0 atom stereocenters. The third-order valence-corrected chi connectivity index (χ3v) is 4.68. The van der Waals surface area contributed by atoms with Crippen LogP contribution >= 0.6 is 0 Å². The zero-order chi connectivity index (χ0) is 14.9. The van der Waals surface area contributed by atoms with Gasteiger partial charge in [-0.25, -0.2) is 4.79 Å². The minimum Gasteiger partial charge on any atom is -0.436 e. The van der Waals surface area contributed by atoms with Crippen LogP contribution in [0.1, 0.15) is 42.9 Å². The van der Waals surface area contributed by atoms with E-state index in [1.165, 1.54) is 12.8 Å². The van der Waals surface area contributed by atoms with Gasteiger partial charge in [0.1, 0.15) is 0 Å². The summed E-state index contributed by atoms with van der Waals surface area (Å²) in [6.07, 6.45) is 3.91. The summed E-state index contributed by atoms with van der Waals surface area (Å²) in [7, 11) is 0. The van der Waals surface area contributed by atoms with E-state index >= 15 is 0 Å². The van der Waals surface area contributed by atoms with Gasteiger partial charge in [0, 0.05) is 17.2 Å². The van der Waals surface area contributed by atoms with E-state index in [4.69, 9.17) is 4.74 Å². The van der Waals surface area contributed by atoms with Gasteiger partial charge in [-0.05, 0) is 24.0 Å². The molecule has 0 heterocycles. The first kappa shape index (κ1) is 13.4. The van der Waals surface area contributed by atoms with Crippen LogP contribution < -0.4 is 5.32 Å². The first-order valence-corrected chi connectivity index (χ1v) is 7.98. The highest BCUT2D eigenvalue weighted by molar-refractivity contribution is 5.79. The molecule has 2 aliphatic rings. The van der Waals surface area contributed by atoms with Crippen molar-refractivity contribution in [3.8, 4) is 11.1 Å². The lowest BCUT2D eigenvalue weighted by Crippen LogP contribution is -2.33. The molecule has 2 aliphatic carbocycles. The summed E-state index contributed by atoms with van der Waals surface area (Å²) >= 11 is 0. The predicted molar refractivity (Wildman–Crippen MR) is 85.6 cm³/mol. The molecule has 0 aromatic heterocycles. The number of nitrogens with one attached hydrogen (secondary N) is 1. The van der Waals surface area contributed by atoms with E-state index < -0.39 is 0 Å². The predicted octanol–water partition coefficient (Wildman–Crippen LogP) is 4.43. The molecule has 0 aliphatic heterocycles. The number of carbonyl (C=O) groups excluding carboxylic acids is 1. The van der Waals surface area contributed by atoms with Gasteiger partial charge in [-0.15, -0.1) is 0 Å². The Bertz CT molecular complexity index is 659. The number of hydrogen-bond donors (Lipinski definition) is 1. The quantitative estimate of drug-likeness (QED) is 0.889. The largest absolute Gasteiger partial charge is 0.436 e. The molecule has 4 rings (SSSR count). The molecule has 2 aromatic rings. The molecule has 0 saturated heterocycles. The Balaban J connectivity index is 1.59. The van der Waals surface area contributed by atoms with Crippen LogP contribution in [0.5, 0.6) is 0 Å². The molecule has 1 amide bonds. The van der Waals surface area contributed by atoms with Crippen LogP contribution in [-0.4, -0.2) is 12.1 Å². The van der Waals surface area contributed by atoms with Crippen LogP contribution in [0.25, 0.3) is 11.1 Å². The summed E-state index contributed by atoms with van der Waals surface area (Å²) in [6, 6.07) is 16.6. The Morgan fingerprint density at radius 3 is 2.05 bits per heavy atom. The molecule has 0 bridgehead atoms. The number of benzene rings is 2. The summed E-state index contributed by atoms with van der Waals surface area (Å²) < 4.78 is 5.78. The van der Waals surface area contributed by atoms with Crippen LogP contribution in [-0.2, 0) is 4.74 Å². The first-order chi connectivity index (χ1) is 10.8. The highest BCUT2D eigenvalue weighted by atomic mass is 16.6. The third kappa shape index (κ3) is 2.27. The molecule has 0 spiro atoms. The second-order valence-electron chi connectivity index (χ2n) is 6.09. The number of ether oxygens (including phenoxy) is 1. The molecule has 1 fully saturated rings. The fourth-order valence-electron chi connectivity index (χ4n) is 3.61. The highest BCUT2D eigenvalue weighted by Gasteiger charge is 2.31. The van der Waals surface area contributed by atoms with Crippen LogP contribution in [0.15, 0.2) is 48.5 Å². The lowest BCUT2D eigenvalue weighted by Gasteiger charge is -2.18. The van der Waals surface area contributed by atoms with Crippen molar-refractivity contribution in [1.82, 2.24) is 5.32 Å². The lowest BCUT2D eigenvalue weighted by molar-refractivity contribution is 0.115. The van der Waals surface area contributed by atoms with Crippen molar-refractivity contribution < 1.29 is 9.53 Å². The summed E-state index contributed by atoms with van der Waals surface area (Å²) in [6.45, 7) is 0. The van der Waals surface area contributed by atoms with E-state index in [0.29, 0.717) is 0 Å². The molecule has 3 nitrogen and oxygen atoms in total. The van der Waals surface area contributed by atoms with Gasteiger partial charge in [-0.2, -0.15) is 0 Å². The summed E-state index contributed by atoms with van der Waals surface area (Å²) in [4.78, 5) is 12.2. The van der Waals surface area contributed by atoms with Crippen LogP contribution in [0.2, 0.25) is 0 Å². The number of carbonyl (C=O) groups is 1. The topological polar surface area (TPSA) is 38.3 Å². The van der Waals surface area contributed by atoms with Crippen molar-refractivity contribution in [2.24, 2.45) is 0 Å². The van der Waals surface area contributed by atoms with Gasteiger partial charge in [-0.3, -0.25) is 0 Å². The van der Waals surface area contributed by atoms with Crippen molar-refractivity contribution >= 4 is 6.09 Å². The van der Waals surface area contributed by atoms with Gasteiger partial charge in [0.15, 0.2) is 6.10 Å². The Kier molecular flexibility index (Phi) is 3.34. The minimum atomic E-state index is -0.302. The number of amides is 1. The number of rotatable bonds is 2. The van der Waals surface area contributed by atoms with E-state index in [0.717, 1.165) is 35.1 Å². The maximum Gasteiger partial charge on any atom is 0.408 e. The van der Waals surface area contributed by atoms with Crippen molar-refractivity contribution in [2.45, 2.75) is 37.8 Å². The smallest absolute Gasteiger partial charge is 0.408 e. The van der Waals surface area contributed by atoms with E-state index in [1.807, 2.05) is 36.4 Å². The van der Waals surface area contributed by atoms with Gasteiger partial charge in [0.05, 0.1) is 0 Å². The van der Waals surface area contributed by atoms with Crippen molar-refractivity contribution in [1.29, 1.82) is 0 Å². The number of fused-ring (bicyclic) bond motifs is 3. The maximum atomic E-state index is 12.2. The molecule has 1 saturated carbocycles. The van der Waals surface area contributed by atoms with Crippen molar-refractivity contribution in [3.63, 3.8) is 0 Å². The Morgan fingerprint density at radius 1 is 0.909 bits per heavy atom. The average molecular weight is 293 g/mol. The van der Waals surface area contributed by atoms with E-state index in [9.17, 15) is 4.79 Å². The summed E-state index contributed by atoms with van der Waals surface area (Å²) in [5.41, 5.74) is 4.48. The maximum absolute atomic E-state index is 12.2. The van der Waals surface area contributed by atoms with Gasteiger partial charge in [0.25, 0.3) is 0 Å². The van der Waals surface area contributed by atoms with Gasteiger partial charge in [-0.1, -0.05) is 61.4 Å². The zero-order valence-corrected chi connectivity index (χ0v) is 12.4. The van der Waals surface area contributed by atoms with Gasteiger partial charge < -0.3 is 10.1 Å². The summed E-state index contributed by atoms with van der Waals surface area (Å²) in [5.74, 6) is 0. The summed E-state index contributed by atoms with van der Waals surface area (Å²) in [5, 5.41) is 3.01. The zero-order valence-electron chi connectivity index (χ0n) is 12.4. The van der Waals surface area contributed by atoms with Crippen molar-refractivity contribution in [3.05, 3.63) is 59.7 Å². The fraction of sp³-hybridized carbons (Fsp3) is 0.316. The molecule has 0 unspecified atom stereocenters. The Labute approximate surface area is 130 Å². The molecule has 3 heteroatoms.